The van der Waals surface area contributed by atoms with Gasteiger partial charge in [-0.3, -0.25) is 0 Å². The Balaban J connectivity index is 1.91. The van der Waals surface area contributed by atoms with Gasteiger partial charge in [0.2, 0.25) is 0 Å². The van der Waals surface area contributed by atoms with Gasteiger partial charge in [0.25, 0.3) is 0 Å². The van der Waals surface area contributed by atoms with Gasteiger partial charge < -0.3 is 0 Å². The molecule has 114 valence electrons. The first kappa shape index (κ1) is 15.0. The van der Waals surface area contributed by atoms with E-state index >= 15 is 0 Å². The molecule has 0 heterocycles. The van der Waals surface area contributed by atoms with Crippen molar-refractivity contribution in [3.63, 3.8) is 0 Å². The minimum atomic E-state index is -0.244. The molecule has 0 N–H and O–H groups in total. The number of hydrogen-bond donors (Lipinski definition) is 0. The first-order chi connectivity index (χ1) is 10.7. The van der Waals surface area contributed by atoms with Gasteiger partial charge in [0.1, 0.15) is 11.6 Å². The van der Waals surface area contributed by atoms with Gasteiger partial charge in [-0.25, -0.2) is 8.78 Å². The second-order valence-corrected chi connectivity index (χ2v) is 5.93. The van der Waals surface area contributed by atoms with Crippen LogP contribution in [0.25, 0.3) is 11.6 Å². The van der Waals surface area contributed by atoms with Crippen molar-refractivity contribution in [2.45, 2.75) is 39.0 Å². The quantitative estimate of drug-likeness (QED) is 0.669. The monoisotopic (exact) mass is 298 g/mol. The Morgan fingerprint density at radius 1 is 1.00 bits per heavy atom. The van der Waals surface area contributed by atoms with Crippen molar-refractivity contribution in [2.75, 3.05) is 0 Å². The van der Waals surface area contributed by atoms with Crippen LogP contribution in [0.4, 0.5) is 8.78 Å². The van der Waals surface area contributed by atoms with Crippen molar-refractivity contribution in [1.29, 1.82) is 0 Å². The summed E-state index contributed by atoms with van der Waals surface area (Å²) in [5.74, 6) is -0.411. The minimum Gasteiger partial charge on any atom is -0.207 e. The van der Waals surface area contributed by atoms with Crippen LogP contribution in [-0.4, -0.2) is 0 Å². The first-order valence-corrected chi connectivity index (χ1v) is 7.95. The van der Waals surface area contributed by atoms with Crippen LogP contribution in [-0.2, 0) is 12.8 Å². The summed E-state index contributed by atoms with van der Waals surface area (Å²) < 4.78 is 27.8. The van der Waals surface area contributed by atoms with Gasteiger partial charge in [0.15, 0.2) is 0 Å². The molecule has 0 saturated carbocycles. The van der Waals surface area contributed by atoms with Gasteiger partial charge >= 0.3 is 0 Å². The molecule has 3 rings (SSSR count). The maximum atomic E-state index is 14.4. The fraction of sp³-hybridized carbons (Fsp3) is 0.300. The summed E-state index contributed by atoms with van der Waals surface area (Å²) >= 11 is 0. The highest BCUT2D eigenvalue weighted by Crippen LogP contribution is 2.32. The predicted molar refractivity (Wildman–Crippen MR) is 87.6 cm³/mol. The third-order valence-corrected chi connectivity index (χ3v) is 4.30. The zero-order chi connectivity index (χ0) is 15.5. The first-order valence-electron chi connectivity index (χ1n) is 7.95. The molecule has 0 spiro atoms. The number of halogens is 2. The molecule has 1 aliphatic rings. The zero-order valence-corrected chi connectivity index (χ0v) is 12.8. The summed E-state index contributed by atoms with van der Waals surface area (Å²) in [5, 5.41) is 0. The molecular weight excluding hydrogens is 278 g/mol. The summed E-state index contributed by atoms with van der Waals surface area (Å²) in [6.07, 6.45) is 6.65. The van der Waals surface area contributed by atoms with Crippen LogP contribution in [0.5, 0.6) is 0 Å². The summed E-state index contributed by atoms with van der Waals surface area (Å²) in [6, 6.07) is 10.4. The van der Waals surface area contributed by atoms with Crippen LogP contribution in [0.15, 0.2) is 36.4 Å². The van der Waals surface area contributed by atoms with Crippen LogP contribution < -0.4 is 0 Å². The molecule has 22 heavy (non-hydrogen) atoms. The molecule has 0 saturated heterocycles. The number of unbranched alkanes of at least 4 members (excludes halogenated alkanes) is 1. The number of aryl methyl sites for hydroxylation is 2. The Kier molecular flexibility index (Phi) is 4.37. The summed E-state index contributed by atoms with van der Waals surface area (Å²) in [5.41, 5.74) is 4.65. The Morgan fingerprint density at radius 2 is 1.86 bits per heavy atom. The molecule has 2 aromatic rings. The second kappa shape index (κ2) is 6.43. The number of rotatable bonds is 4. The lowest BCUT2D eigenvalue weighted by molar-refractivity contribution is 0.619. The molecule has 0 nitrogen and oxygen atoms in total. The summed E-state index contributed by atoms with van der Waals surface area (Å²) in [4.78, 5) is 0. The molecule has 0 bridgehead atoms. The van der Waals surface area contributed by atoms with Crippen molar-refractivity contribution in [2.24, 2.45) is 0 Å². The van der Waals surface area contributed by atoms with Gasteiger partial charge in [-0.1, -0.05) is 37.6 Å². The predicted octanol–water partition coefficient (Wildman–Crippen LogP) is 5.79. The zero-order valence-electron chi connectivity index (χ0n) is 12.8. The lowest BCUT2D eigenvalue weighted by Crippen LogP contribution is -2.01. The normalized spacial score (nSPS) is 13.7. The van der Waals surface area contributed by atoms with E-state index in [1.165, 1.54) is 12.1 Å². The summed E-state index contributed by atoms with van der Waals surface area (Å²) in [6.45, 7) is 2.13. The average Bonchev–Trinajstić information content (AvgIpc) is 2.52. The van der Waals surface area contributed by atoms with Crippen LogP contribution in [0.3, 0.4) is 0 Å². The fourth-order valence-electron chi connectivity index (χ4n) is 3.02. The van der Waals surface area contributed by atoms with Crippen LogP contribution >= 0.6 is 0 Å². The van der Waals surface area contributed by atoms with Gasteiger partial charge in [-0.15, -0.1) is 0 Å². The number of allylic oxidation sites excluding steroid dienone is 1. The van der Waals surface area contributed by atoms with Gasteiger partial charge in [0.05, 0.1) is 0 Å². The van der Waals surface area contributed by atoms with Crippen molar-refractivity contribution in [1.82, 2.24) is 0 Å². The van der Waals surface area contributed by atoms with Crippen LogP contribution in [0.2, 0.25) is 0 Å². The standard InChI is InChI=1S/C20H20F2/c1-2-3-4-14-5-10-19(20(22)11-14)16-7-6-15-8-9-18(21)13-17(15)12-16/h5,8-13H,2-4,6-7H2,1H3. The van der Waals surface area contributed by atoms with E-state index in [4.69, 9.17) is 0 Å². The maximum Gasteiger partial charge on any atom is 0.130 e. The molecule has 2 heteroatoms. The van der Waals surface area contributed by atoms with Gasteiger partial charge in [-0.2, -0.15) is 0 Å². The average molecular weight is 298 g/mol. The number of hydrogen-bond acceptors (Lipinski definition) is 0. The molecule has 0 amide bonds. The van der Waals surface area contributed by atoms with Gasteiger partial charge in [-0.05, 0) is 66.1 Å². The van der Waals surface area contributed by atoms with Crippen LogP contribution in [0.1, 0.15) is 48.4 Å². The lowest BCUT2D eigenvalue weighted by Gasteiger charge is -2.17. The van der Waals surface area contributed by atoms with Crippen molar-refractivity contribution in [3.05, 3.63) is 70.3 Å². The Labute approximate surface area is 130 Å². The molecule has 0 radical (unpaired) electrons. The topological polar surface area (TPSA) is 0 Å². The third-order valence-electron chi connectivity index (χ3n) is 4.30. The van der Waals surface area contributed by atoms with Crippen molar-refractivity contribution in [3.8, 4) is 0 Å². The Hall–Kier alpha value is -1.96. The molecule has 0 atom stereocenters. The fourth-order valence-corrected chi connectivity index (χ4v) is 3.02. The molecule has 0 unspecified atom stereocenters. The molecule has 1 aliphatic carbocycles. The second-order valence-electron chi connectivity index (χ2n) is 5.93. The van der Waals surface area contributed by atoms with E-state index in [-0.39, 0.29) is 11.6 Å². The largest absolute Gasteiger partial charge is 0.207 e. The molecule has 0 fully saturated rings. The number of benzene rings is 2. The minimum absolute atomic E-state index is 0.167. The highest BCUT2D eigenvalue weighted by molar-refractivity contribution is 5.84. The van der Waals surface area contributed by atoms with E-state index in [1.807, 2.05) is 24.3 Å². The number of fused-ring (bicyclic) bond motifs is 1. The van der Waals surface area contributed by atoms with Crippen LogP contribution in [0, 0.1) is 11.6 Å². The van der Waals surface area contributed by atoms with E-state index in [0.29, 0.717) is 5.56 Å². The molecule has 0 aromatic heterocycles. The lowest BCUT2D eigenvalue weighted by atomic mass is 9.88. The van der Waals surface area contributed by atoms with E-state index < -0.39 is 0 Å². The van der Waals surface area contributed by atoms with E-state index in [0.717, 1.165) is 54.4 Å². The highest BCUT2D eigenvalue weighted by Gasteiger charge is 2.15. The van der Waals surface area contributed by atoms with Crippen molar-refractivity contribution >= 4 is 11.6 Å². The molecule has 0 aliphatic heterocycles. The third kappa shape index (κ3) is 3.11. The van der Waals surface area contributed by atoms with E-state index in [1.54, 1.807) is 6.07 Å². The SMILES string of the molecule is CCCCc1ccc(C2=Cc3cc(F)ccc3CC2)c(F)c1. The van der Waals surface area contributed by atoms with E-state index in [2.05, 4.69) is 6.92 Å². The van der Waals surface area contributed by atoms with E-state index in [9.17, 15) is 8.78 Å². The Morgan fingerprint density at radius 3 is 2.64 bits per heavy atom. The highest BCUT2D eigenvalue weighted by atomic mass is 19.1. The smallest absolute Gasteiger partial charge is 0.130 e. The van der Waals surface area contributed by atoms with Gasteiger partial charge in [0, 0.05) is 5.56 Å². The Bertz CT molecular complexity index is 714. The van der Waals surface area contributed by atoms with Crippen molar-refractivity contribution < 1.29 is 8.78 Å². The molecule has 2 aromatic carbocycles. The summed E-state index contributed by atoms with van der Waals surface area (Å²) in [7, 11) is 0. The maximum absolute atomic E-state index is 14.4. The molecular formula is C20H20F2.